The normalized spacial score (nSPS) is 31.3. The van der Waals surface area contributed by atoms with Crippen LogP contribution in [-0.2, 0) is 12.8 Å². The van der Waals surface area contributed by atoms with E-state index in [1.165, 1.54) is 38.5 Å². The summed E-state index contributed by atoms with van der Waals surface area (Å²) in [5.74, 6) is 2.29. The Hall–Kier alpha value is -0.820. The molecule has 18 heavy (non-hydrogen) atoms. The lowest BCUT2D eigenvalue weighted by Gasteiger charge is -2.35. The smallest absolute Gasteiger partial charge is 0.00430 e. The molecular formula is C17H25N. The van der Waals surface area contributed by atoms with Gasteiger partial charge in [-0.2, -0.15) is 0 Å². The molecule has 2 N–H and O–H groups in total. The van der Waals surface area contributed by atoms with Gasteiger partial charge in [-0.05, 0) is 73.1 Å². The highest BCUT2D eigenvalue weighted by atomic mass is 14.6. The van der Waals surface area contributed by atoms with Crippen molar-refractivity contribution in [2.75, 3.05) is 6.54 Å². The van der Waals surface area contributed by atoms with Crippen LogP contribution in [0.25, 0.3) is 0 Å². The van der Waals surface area contributed by atoms with Crippen LogP contribution in [0, 0.1) is 11.8 Å². The molecule has 0 spiro atoms. The third-order valence-corrected chi connectivity index (χ3v) is 5.11. The van der Waals surface area contributed by atoms with Gasteiger partial charge in [-0.25, -0.2) is 0 Å². The Labute approximate surface area is 111 Å². The predicted octanol–water partition coefficient (Wildman–Crippen LogP) is 3.65. The SMILES string of the molecule is CC1CCC(CN)C(c2ccc3c(c2)CCC3)C1. The van der Waals surface area contributed by atoms with Gasteiger partial charge in [0.05, 0.1) is 0 Å². The van der Waals surface area contributed by atoms with Crippen molar-refractivity contribution in [3.8, 4) is 0 Å². The molecule has 1 heteroatoms. The quantitative estimate of drug-likeness (QED) is 0.843. The standard InChI is InChI=1S/C17H25N/c1-12-5-6-16(11-18)17(9-12)15-8-7-13-3-2-4-14(13)10-15/h7-8,10,12,16-17H,2-6,9,11,18H2,1H3. The fourth-order valence-corrected chi connectivity index (χ4v) is 3.96. The minimum Gasteiger partial charge on any atom is -0.330 e. The van der Waals surface area contributed by atoms with Crippen LogP contribution in [0.5, 0.6) is 0 Å². The van der Waals surface area contributed by atoms with E-state index in [2.05, 4.69) is 25.1 Å². The minimum atomic E-state index is 0.709. The summed E-state index contributed by atoms with van der Waals surface area (Å²) in [5.41, 5.74) is 10.8. The molecule has 1 saturated carbocycles. The first-order valence-corrected chi connectivity index (χ1v) is 7.59. The van der Waals surface area contributed by atoms with Gasteiger partial charge < -0.3 is 5.73 Å². The van der Waals surface area contributed by atoms with Crippen LogP contribution in [0.1, 0.15) is 55.2 Å². The van der Waals surface area contributed by atoms with Crippen LogP contribution in [0.2, 0.25) is 0 Å². The summed E-state index contributed by atoms with van der Waals surface area (Å²) >= 11 is 0. The monoisotopic (exact) mass is 243 g/mol. The van der Waals surface area contributed by atoms with Gasteiger partial charge in [-0.15, -0.1) is 0 Å². The number of benzene rings is 1. The topological polar surface area (TPSA) is 26.0 Å². The van der Waals surface area contributed by atoms with Gasteiger partial charge in [0.25, 0.3) is 0 Å². The number of hydrogen-bond donors (Lipinski definition) is 1. The van der Waals surface area contributed by atoms with Gasteiger partial charge >= 0.3 is 0 Å². The Morgan fingerprint density at radius 3 is 2.83 bits per heavy atom. The van der Waals surface area contributed by atoms with Crippen LogP contribution in [0.3, 0.4) is 0 Å². The van der Waals surface area contributed by atoms with E-state index < -0.39 is 0 Å². The van der Waals surface area contributed by atoms with Crippen LogP contribution in [0.15, 0.2) is 18.2 Å². The molecule has 2 aliphatic rings. The zero-order valence-electron chi connectivity index (χ0n) is 11.5. The van der Waals surface area contributed by atoms with Crippen molar-refractivity contribution < 1.29 is 0 Å². The summed E-state index contributed by atoms with van der Waals surface area (Å²) in [5, 5.41) is 0. The zero-order valence-corrected chi connectivity index (χ0v) is 11.5. The molecule has 0 radical (unpaired) electrons. The van der Waals surface area contributed by atoms with Crippen LogP contribution in [-0.4, -0.2) is 6.54 Å². The van der Waals surface area contributed by atoms with Crippen molar-refractivity contribution in [3.05, 3.63) is 34.9 Å². The van der Waals surface area contributed by atoms with E-state index in [-0.39, 0.29) is 0 Å². The summed E-state index contributed by atoms with van der Waals surface area (Å²) in [4.78, 5) is 0. The first-order valence-electron chi connectivity index (χ1n) is 7.59. The molecule has 1 aromatic carbocycles. The minimum absolute atomic E-state index is 0.709. The second kappa shape index (κ2) is 5.05. The van der Waals surface area contributed by atoms with E-state index >= 15 is 0 Å². The molecule has 0 amide bonds. The van der Waals surface area contributed by atoms with E-state index in [0.717, 1.165) is 12.5 Å². The molecule has 2 aliphatic carbocycles. The molecular weight excluding hydrogens is 218 g/mol. The number of fused-ring (bicyclic) bond motifs is 1. The molecule has 1 nitrogen and oxygen atoms in total. The molecule has 98 valence electrons. The summed E-state index contributed by atoms with van der Waals surface area (Å²) < 4.78 is 0. The average Bonchev–Trinajstić information content (AvgIpc) is 2.85. The van der Waals surface area contributed by atoms with E-state index in [1.54, 1.807) is 16.7 Å². The summed E-state index contributed by atoms with van der Waals surface area (Å²) in [6.45, 7) is 3.25. The number of hydrogen-bond acceptors (Lipinski definition) is 1. The molecule has 1 fully saturated rings. The van der Waals surface area contributed by atoms with Crippen molar-refractivity contribution in [2.45, 2.75) is 51.4 Å². The van der Waals surface area contributed by atoms with Gasteiger partial charge in [-0.1, -0.05) is 31.5 Å². The highest BCUT2D eigenvalue weighted by molar-refractivity contribution is 5.37. The molecule has 0 heterocycles. The maximum absolute atomic E-state index is 5.99. The maximum atomic E-state index is 5.99. The molecule has 3 unspecified atom stereocenters. The molecule has 3 atom stereocenters. The molecule has 1 aromatic rings. The van der Waals surface area contributed by atoms with Gasteiger partial charge in [-0.3, -0.25) is 0 Å². The molecule has 0 aromatic heterocycles. The second-order valence-corrected chi connectivity index (χ2v) is 6.40. The Balaban J connectivity index is 1.87. The second-order valence-electron chi connectivity index (χ2n) is 6.40. The van der Waals surface area contributed by atoms with Crippen LogP contribution < -0.4 is 5.73 Å². The van der Waals surface area contributed by atoms with E-state index in [4.69, 9.17) is 5.73 Å². The third-order valence-electron chi connectivity index (χ3n) is 5.11. The Bertz CT molecular complexity index is 424. The summed E-state index contributed by atoms with van der Waals surface area (Å²) in [6.07, 6.45) is 7.94. The van der Waals surface area contributed by atoms with E-state index in [9.17, 15) is 0 Å². The van der Waals surface area contributed by atoms with Crippen molar-refractivity contribution in [3.63, 3.8) is 0 Å². The molecule has 3 rings (SSSR count). The lowest BCUT2D eigenvalue weighted by molar-refractivity contribution is 0.253. The highest BCUT2D eigenvalue weighted by Gasteiger charge is 2.29. The number of nitrogens with two attached hydrogens (primary N) is 1. The number of aryl methyl sites for hydroxylation is 2. The first-order chi connectivity index (χ1) is 8.78. The average molecular weight is 243 g/mol. The lowest BCUT2D eigenvalue weighted by Crippen LogP contribution is -2.28. The van der Waals surface area contributed by atoms with Gasteiger partial charge in [0, 0.05) is 0 Å². The van der Waals surface area contributed by atoms with Gasteiger partial charge in [0.15, 0.2) is 0 Å². The van der Waals surface area contributed by atoms with Crippen molar-refractivity contribution >= 4 is 0 Å². The van der Waals surface area contributed by atoms with Crippen molar-refractivity contribution in [1.29, 1.82) is 0 Å². The highest BCUT2D eigenvalue weighted by Crippen LogP contribution is 2.41. The fraction of sp³-hybridized carbons (Fsp3) is 0.647. The zero-order chi connectivity index (χ0) is 12.5. The first kappa shape index (κ1) is 12.2. The molecule has 0 saturated heterocycles. The largest absolute Gasteiger partial charge is 0.330 e. The fourth-order valence-electron chi connectivity index (χ4n) is 3.96. The molecule has 0 aliphatic heterocycles. The van der Waals surface area contributed by atoms with Crippen LogP contribution >= 0.6 is 0 Å². The Morgan fingerprint density at radius 1 is 1.17 bits per heavy atom. The van der Waals surface area contributed by atoms with Gasteiger partial charge in [0.2, 0.25) is 0 Å². The van der Waals surface area contributed by atoms with E-state index in [1.807, 2.05) is 0 Å². The van der Waals surface area contributed by atoms with Crippen LogP contribution in [0.4, 0.5) is 0 Å². The summed E-state index contributed by atoms with van der Waals surface area (Å²) in [7, 11) is 0. The van der Waals surface area contributed by atoms with Crippen molar-refractivity contribution in [2.24, 2.45) is 17.6 Å². The summed E-state index contributed by atoms with van der Waals surface area (Å²) in [6, 6.07) is 7.26. The van der Waals surface area contributed by atoms with Crippen molar-refractivity contribution in [1.82, 2.24) is 0 Å². The third kappa shape index (κ3) is 2.21. The number of rotatable bonds is 2. The predicted molar refractivity (Wildman–Crippen MR) is 76.8 cm³/mol. The maximum Gasteiger partial charge on any atom is -0.00430 e. The molecule has 0 bridgehead atoms. The Morgan fingerprint density at radius 2 is 2.00 bits per heavy atom. The van der Waals surface area contributed by atoms with E-state index in [0.29, 0.717) is 11.8 Å². The Kier molecular flexibility index (Phi) is 3.43. The van der Waals surface area contributed by atoms with Gasteiger partial charge in [0.1, 0.15) is 0 Å². The lowest BCUT2D eigenvalue weighted by atomic mass is 9.71.